The second-order valence-corrected chi connectivity index (χ2v) is 17.2. The number of hydrogen-bond donors (Lipinski definition) is 6. The van der Waals surface area contributed by atoms with E-state index in [0.29, 0.717) is 6.42 Å². The Labute approximate surface area is 407 Å². The lowest BCUT2D eigenvalue weighted by atomic mass is 9.99. The second-order valence-electron chi connectivity index (χ2n) is 17.2. The van der Waals surface area contributed by atoms with Crippen molar-refractivity contribution in [1.29, 1.82) is 0 Å². The van der Waals surface area contributed by atoms with Crippen LogP contribution in [-0.2, 0) is 14.3 Å². The lowest BCUT2D eigenvalue weighted by Crippen LogP contribution is -2.60. The van der Waals surface area contributed by atoms with Gasteiger partial charge in [-0.25, -0.2) is 0 Å². The molecule has 1 rings (SSSR count). The highest BCUT2D eigenvalue weighted by Gasteiger charge is 2.44. The highest BCUT2D eigenvalue weighted by molar-refractivity contribution is 5.76. The van der Waals surface area contributed by atoms with Crippen molar-refractivity contribution in [2.45, 2.75) is 211 Å². The van der Waals surface area contributed by atoms with Crippen LogP contribution in [0.15, 0.2) is 134 Å². The van der Waals surface area contributed by atoms with Crippen LogP contribution in [0.2, 0.25) is 0 Å². The summed E-state index contributed by atoms with van der Waals surface area (Å²) in [6.45, 7) is 3.41. The zero-order valence-electron chi connectivity index (χ0n) is 41.6. The van der Waals surface area contributed by atoms with Gasteiger partial charge < -0.3 is 40.3 Å². The quantitative estimate of drug-likeness (QED) is 0.0262. The van der Waals surface area contributed by atoms with Gasteiger partial charge in [-0.2, -0.15) is 0 Å². The fraction of sp³-hybridized carbons (Fsp3) is 0.603. The van der Waals surface area contributed by atoms with Gasteiger partial charge in [-0.1, -0.05) is 205 Å². The van der Waals surface area contributed by atoms with E-state index in [1.165, 1.54) is 38.5 Å². The summed E-state index contributed by atoms with van der Waals surface area (Å²) in [4.78, 5) is 12.8. The Kier molecular flexibility index (Phi) is 42.2. The van der Waals surface area contributed by atoms with E-state index in [0.717, 1.165) is 109 Å². The van der Waals surface area contributed by atoms with Crippen molar-refractivity contribution in [1.82, 2.24) is 5.32 Å². The van der Waals surface area contributed by atoms with E-state index < -0.39 is 49.5 Å². The van der Waals surface area contributed by atoms with Crippen molar-refractivity contribution in [2.75, 3.05) is 13.2 Å². The van der Waals surface area contributed by atoms with E-state index in [1.54, 1.807) is 6.08 Å². The number of allylic oxidation sites excluding steroid dienone is 21. The summed E-state index contributed by atoms with van der Waals surface area (Å²) in [6, 6.07) is -0.811. The molecule has 0 aliphatic carbocycles. The Balaban J connectivity index is 2.01. The van der Waals surface area contributed by atoms with Gasteiger partial charge in [-0.3, -0.25) is 4.79 Å². The van der Waals surface area contributed by atoms with Crippen LogP contribution in [0.1, 0.15) is 168 Å². The molecule has 0 aromatic heterocycles. The molecule has 0 spiro atoms. The molecule has 1 saturated heterocycles. The molecule has 1 aliphatic heterocycles. The highest BCUT2D eigenvalue weighted by Crippen LogP contribution is 2.22. The smallest absolute Gasteiger partial charge is 0.220 e. The maximum absolute atomic E-state index is 12.8. The molecule has 0 saturated carbocycles. The fourth-order valence-corrected chi connectivity index (χ4v) is 7.13. The number of aliphatic hydroxyl groups excluding tert-OH is 5. The number of nitrogens with one attached hydrogen (secondary N) is 1. The van der Waals surface area contributed by atoms with E-state index >= 15 is 0 Å². The molecule has 0 aromatic carbocycles. The average molecular weight is 932 g/mol. The standard InChI is InChI=1S/C58H93NO8/c1-3-5-7-8-9-10-11-12-13-14-15-16-17-18-19-20-21-22-23-24-25-26-27-28-29-30-31-32-33-34-35-36-37-38-39-40-41-42-43-44-46-48-54(62)59-51(52(61)47-45-6-4-2)50-66-58-57(65)56(64)55(63)53(49-60)67-58/h5,7,9-10,12-13,15-16,18-19,21-22,24-25,27-28,30-31,33-34,45,47,51-53,55-58,60-61,63-65H,3-4,6,8,11,14,17,20,23,26,29,32,35-44,46,48-50H2,1-2H3,(H,59,62)/b7-5-,10-9-,13-12-,16-15-,19-18-,22-21-,25-24-,28-27-,31-30-,34-33-,47-45+. The third kappa shape index (κ3) is 36.0. The number of amides is 1. The van der Waals surface area contributed by atoms with E-state index in [9.17, 15) is 30.3 Å². The molecule has 0 bridgehead atoms. The molecule has 1 fully saturated rings. The van der Waals surface area contributed by atoms with Crippen LogP contribution in [0, 0.1) is 0 Å². The molecule has 9 heteroatoms. The van der Waals surface area contributed by atoms with Crippen LogP contribution in [0.5, 0.6) is 0 Å². The molecule has 1 amide bonds. The topological polar surface area (TPSA) is 149 Å². The number of rotatable bonds is 41. The van der Waals surface area contributed by atoms with Crippen LogP contribution >= 0.6 is 0 Å². The Hall–Kier alpha value is -3.67. The minimum absolute atomic E-state index is 0.201. The van der Waals surface area contributed by atoms with E-state index in [2.05, 4.69) is 134 Å². The minimum Gasteiger partial charge on any atom is -0.394 e. The van der Waals surface area contributed by atoms with Crippen molar-refractivity contribution >= 4 is 5.91 Å². The van der Waals surface area contributed by atoms with Crippen molar-refractivity contribution in [3.05, 3.63) is 134 Å². The Morgan fingerprint density at radius 1 is 0.522 bits per heavy atom. The average Bonchev–Trinajstić information content (AvgIpc) is 3.33. The molecule has 9 nitrogen and oxygen atoms in total. The normalized spacial score (nSPS) is 20.9. The first kappa shape index (κ1) is 61.3. The first-order valence-corrected chi connectivity index (χ1v) is 25.9. The first-order valence-electron chi connectivity index (χ1n) is 25.9. The lowest BCUT2D eigenvalue weighted by molar-refractivity contribution is -0.302. The van der Waals surface area contributed by atoms with Gasteiger partial charge in [0, 0.05) is 6.42 Å². The van der Waals surface area contributed by atoms with Gasteiger partial charge >= 0.3 is 0 Å². The monoisotopic (exact) mass is 932 g/mol. The molecule has 1 aliphatic rings. The van der Waals surface area contributed by atoms with Gasteiger partial charge in [0.15, 0.2) is 6.29 Å². The molecule has 6 N–H and O–H groups in total. The first-order chi connectivity index (χ1) is 32.8. The molecule has 0 aromatic rings. The third-order valence-electron chi connectivity index (χ3n) is 11.2. The van der Waals surface area contributed by atoms with Gasteiger partial charge in [0.2, 0.25) is 5.91 Å². The molecule has 1 heterocycles. The largest absolute Gasteiger partial charge is 0.394 e. The van der Waals surface area contributed by atoms with E-state index in [1.807, 2.05) is 13.0 Å². The van der Waals surface area contributed by atoms with Gasteiger partial charge in [0.05, 0.1) is 25.4 Å². The summed E-state index contributed by atoms with van der Waals surface area (Å²) < 4.78 is 11.1. The zero-order valence-corrected chi connectivity index (χ0v) is 41.6. The summed E-state index contributed by atoms with van der Waals surface area (Å²) >= 11 is 0. The SMILES string of the molecule is CC/C=C\C/C=C\C/C=C\C/C=C\C/C=C\C/C=C\C/C=C\C/C=C\C/C=C\C/C=C\CCCCCCCCCCCCC(=O)NC(COC1OC(CO)C(O)C(O)C1O)C(O)/C=C/CCC. The molecule has 7 unspecified atom stereocenters. The number of unbranched alkanes of at least 4 members (excludes halogenated alkanes) is 11. The summed E-state index contributed by atoms with van der Waals surface area (Å²) in [7, 11) is 0. The van der Waals surface area contributed by atoms with Gasteiger partial charge in [0.25, 0.3) is 0 Å². The summed E-state index contributed by atoms with van der Waals surface area (Å²) in [6.07, 6.45) is 64.8. The molecule has 0 radical (unpaired) electrons. The van der Waals surface area contributed by atoms with E-state index in [-0.39, 0.29) is 12.5 Å². The number of aliphatic hydroxyl groups is 5. The minimum atomic E-state index is -1.57. The van der Waals surface area contributed by atoms with Crippen LogP contribution in [0.25, 0.3) is 0 Å². The molecular formula is C58H93NO8. The van der Waals surface area contributed by atoms with Crippen LogP contribution in [-0.4, -0.2) is 87.5 Å². The summed E-state index contributed by atoms with van der Waals surface area (Å²) in [5.41, 5.74) is 0. The maximum Gasteiger partial charge on any atom is 0.220 e. The van der Waals surface area contributed by atoms with Crippen LogP contribution in [0.4, 0.5) is 0 Å². The zero-order chi connectivity index (χ0) is 48.7. The predicted molar refractivity (Wildman–Crippen MR) is 280 cm³/mol. The lowest BCUT2D eigenvalue weighted by Gasteiger charge is -2.40. The van der Waals surface area contributed by atoms with E-state index in [4.69, 9.17) is 9.47 Å². The summed E-state index contributed by atoms with van der Waals surface area (Å²) in [5.74, 6) is -0.201. The molecular weight excluding hydrogens is 839 g/mol. The summed E-state index contributed by atoms with van der Waals surface area (Å²) in [5, 5.41) is 53.5. The number of hydrogen-bond acceptors (Lipinski definition) is 8. The van der Waals surface area contributed by atoms with Crippen LogP contribution in [0.3, 0.4) is 0 Å². The van der Waals surface area contributed by atoms with Crippen molar-refractivity contribution in [3.8, 4) is 0 Å². The number of ether oxygens (including phenoxy) is 2. The van der Waals surface area contributed by atoms with Gasteiger partial charge in [0.1, 0.15) is 24.4 Å². The highest BCUT2D eigenvalue weighted by atomic mass is 16.7. The second kappa shape index (κ2) is 46.1. The Morgan fingerprint density at radius 2 is 0.925 bits per heavy atom. The van der Waals surface area contributed by atoms with Gasteiger partial charge in [-0.05, 0) is 89.9 Å². The predicted octanol–water partition coefficient (Wildman–Crippen LogP) is 12.2. The van der Waals surface area contributed by atoms with Crippen molar-refractivity contribution < 1.29 is 39.8 Å². The molecule has 378 valence electrons. The fourth-order valence-electron chi connectivity index (χ4n) is 7.13. The van der Waals surface area contributed by atoms with Gasteiger partial charge in [-0.15, -0.1) is 0 Å². The number of carbonyl (C=O) groups is 1. The number of carbonyl (C=O) groups excluding carboxylic acids is 1. The maximum atomic E-state index is 12.8. The Morgan fingerprint density at radius 3 is 1.34 bits per heavy atom. The van der Waals surface area contributed by atoms with Crippen molar-refractivity contribution in [3.63, 3.8) is 0 Å². The van der Waals surface area contributed by atoms with Crippen molar-refractivity contribution in [2.24, 2.45) is 0 Å². The van der Waals surface area contributed by atoms with Crippen LogP contribution < -0.4 is 5.32 Å². The molecule has 7 atom stereocenters. The Bertz CT molecular complexity index is 1500. The third-order valence-corrected chi connectivity index (χ3v) is 11.2. The molecule has 67 heavy (non-hydrogen) atoms.